The molecule has 1 heterocycles. The Morgan fingerprint density at radius 1 is 1.32 bits per heavy atom. The zero-order chi connectivity index (χ0) is 18.4. The van der Waals surface area contributed by atoms with Crippen LogP contribution in [0, 0.1) is 0 Å². The fourth-order valence-corrected chi connectivity index (χ4v) is 2.93. The van der Waals surface area contributed by atoms with Crippen LogP contribution in [0.5, 0.6) is 0 Å². The highest BCUT2D eigenvalue weighted by Crippen LogP contribution is 2.20. The van der Waals surface area contributed by atoms with Crippen molar-refractivity contribution < 1.29 is 19.1 Å². The summed E-state index contributed by atoms with van der Waals surface area (Å²) in [6.45, 7) is 1.51. The molecule has 0 saturated heterocycles. The highest BCUT2D eigenvalue weighted by molar-refractivity contribution is 7.98. The van der Waals surface area contributed by atoms with Crippen LogP contribution in [0.1, 0.15) is 23.7 Å². The molecule has 0 aliphatic carbocycles. The number of ketones is 1. The minimum atomic E-state index is -0.974. The third-order valence-electron chi connectivity index (χ3n) is 3.73. The Balaban J connectivity index is 2.08. The monoisotopic (exact) mass is 363 g/mol. The zero-order valence-electron chi connectivity index (χ0n) is 14.1. The number of para-hydroxylation sites is 1. The number of Topliss-reactive ketones (excluding diaryl/α,β-unsaturated/α-hetero) is 1. The van der Waals surface area contributed by atoms with E-state index in [9.17, 15) is 14.4 Å². The van der Waals surface area contributed by atoms with Crippen LogP contribution >= 0.6 is 11.8 Å². The average Bonchev–Trinajstić information content (AvgIpc) is 3.01. The van der Waals surface area contributed by atoms with E-state index in [4.69, 9.17) is 10.5 Å². The third-order valence-corrected chi connectivity index (χ3v) is 4.37. The number of hydrogen-bond donors (Lipinski definition) is 3. The number of aromatic nitrogens is 1. The van der Waals surface area contributed by atoms with E-state index in [2.05, 4.69) is 10.3 Å². The second-order valence-corrected chi connectivity index (χ2v) is 6.52. The lowest BCUT2D eigenvalue weighted by atomic mass is 10.1. The number of rotatable bonds is 8. The normalized spacial score (nSPS) is 13.2. The summed E-state index contributed by atoms with van der Waals surface area (Å²) >= 11 is 1.53. The molecule has 2 amide bonds. The molecule has 1 aromatic heterocycles. The Kier molecular flexibility index (Phi) is 6.46. The molecule has 0 spiro atoms. The predicted octanol–water partition coefficient (Wildman–Crippen LogP) is 2.07. The second kappa shape index (κ2) is 8.57. The van der Waals surface area contributed by atoms with Gasteiger partial charge in [0.25, 0.3) is 0 Å². The first kappa shape index (κ1) is 18.9. The minimum Gasteiger partial charge on any atom is -0.453 e. The first-order valence-electron chi connectivity index (χ1n) is 7.79. The Morgan fingerprint density at radius 2 is 2.04 bits per heavy atom. The van der Waals surface area contributed by atoms with Crippen LogP contribution in [0.4, 0.5) is 4.79 Å². The zero-order valence-corrected chi connectivity index (χ0v) is 14.9. The molecule has 2 atom stereocenters. The van der Waals surface area contributed by atoms with E-state index in [1.165, 1.54) is 18.7 Å². The number of nitrogens with two attached hydrogens (primary N) is 1. The molecular formula is C17H21N3O4S. The molecular weight excluding hydrogens is 342 g/mol. The van der Waals surface area contributed by atoms with Crippen LogP contribution in [-0.4, -0.2) is 46.9 Å². The molecule has 134 valence electrons. The van der Waals surface area contributed by atoms with Gasteiger partial charge in [-0.3, -0.25) is 4.79 Å². The number of primary amides is 1. The number of carbonyl (C=O) groups is 3. The molecule has 25 heavy (non-hydrogen) atoms. The van der Waals surface area contributed by atoms with Gasteiger partial charge in [-0.25, -0.2) is 9.59 Å². The number of amides is 2. The minimum absolute atomic E-state index is 0.312. The van der Waals surface area contributed by atoms with Crippen LogP contribution in [0.2, 0.25) is 0 Å². The number of ether oxygens (including phenoxy) is 1. The number of carbonyl (C=O) groups excluding carboxylic acids is 3. The van der Waals surface area contributed by atoms with Crippen molar-refractivity contribution in [1.82, 2.24) is 10.3 Å². The Morgan fingerprint density at radius 3 is 2.72 bits per heavy atom. The molecule has 0 aliphatic heterocycles. The summed E-state index contributed by atoms with van der Waals surface area (Å²) in [4.78, 5) is 38.9. The van der Waals surface area contributed by atoms with Crippen LogP contribution in [0.3, 0.4) is 0 Å². The van der Waals surface area contributed by atoms with Crippen molar-refractivity contribution in [2.24, 2.45) is 5.73 Å². The number of nitrogens with one attached hydrogen (secondary N) is 2. The summed E-state index contributed by atoms with van der Waals surface area (Å²) in [5, 5.41) is 3.12. The summed E-state index contributed by atoms with van der Waals surface area (Å²) in [5.74, 6) is -0.341. The third kappa shape index (κ3) is 4.76. The lowest BCUT2D eigenvalue weighted by Gasteiger charge is -2.19. The molecule has 0 bridgehead atoms. The molecule has 2 rings (SSSR count). The van der Waals surface area contributed by atoms with Crippen molar-refractivity contribution in [3.05, 3.63) is 36.0 Å². The van der Waals surface area contributed by atoms with Gasteiger partial charge in [-0.2, -0.15) is 11.8 Å². The van der Waals surface area contributed by atoms with Gasteiger partial charge in [0.05, 0.1) is 0 Å². The van der Waals surface area contributed by atoms with Gasteiger partial charge >= 0.3 is 12.0 Å². The van der Waals surface area contributed by atoms with E-state index < -0.39 is 24.1 Å². The molecule has 2 aromatic rings. The number of fused-ring (bicyclic) bond motifs is 1. The summed E-state index contributed by atoms with van der Waals surface area (Å²) in [5.41, 5.74) is 6.39. The van der Waals surface area contributed by atoms with Gasteiger partial charge in [-0.15, -0.1) is 0 Å². The van der Waals surface area contributed by atoms with Gasteiger partial charge in [0.15, 0.2) is 6.10 Å². The van der Waals surface area contributed by atoms with Crippen LogP contribution < -0.4 is 11.1 Å². The largest absolute Gasteiger partial charge is 0.453 e. The van der Waals surface area contributed by atoms with Gasteiger partial charge in [0.1, 0.15) is 6.04 Å². The topological polar surface area (TPSA) is 114 Å². The van der Waals surface area contributed by atoms with Crippen LogP contribution in [0.15, 0.2) is 30.5 Å². The van der Waals surface area contributed by atoms with Crippen molar-refractivity contribution in [3.63, 3.8) is 0 Å². The average molecular weight is 363 g/mol. The Labute approximate surface area is 149 Å². The van der Waals surface area contributed by atoms with Gasteiger partial charge in [0, 0.05) is 22.7 Å². The predicted molar refractivity (Wildman–Crippen MR) is 97.7 cm³/mol. The molecule has 0 saturated carbocycles. The highest BCUT2D eigenvalue weighted by atomic mass is 32.2. The Hall–Kier alpha value is -2.48. The van der Waals surface area contributed by atoms with Crippen LogP contribution in [0.25, 0.3) is 10.9 Å². The fraction of sp³-hybridized carbons (Fsp3) is 0.353. The van der Waals surface area contributed by atoms with Crippen molar-refractivity contribution in [2.45, 2.75) is 25.5 Å². The molecule has 1 aromatic carbocycles. The lowest BCUT2D eigenvalue weighted by molar-refractivity contribution is -0.148. The number of urea groups is 1. The van der Waals surface area contributed by atoms with Crippen LogP contribution in [-0.2, 0) is 9.53 Å². The number of benzene rings is 1. The quantitative estimate of drug-likeness (QED) is 0.491. The molecule has 0 aliphatic rings. The standard InChI is InChI=1S/C17H21N3O4S/c1-10(24-16(22)14(7-8-25-2)20-17(18)23)15(21)12-9-19-13-6-4-3-5-11(12)13/h3-6,9-10,14,19H,7-8H2,1-2H3,(H3,18,20,23)/t10-,14+/m0/s1. The van der Waals surface area contributed by atoms with E-state index >= 15 is 0 Å². The maximum atomic E-state index is 12.6. The first-order valence-corrected chi connectivity index (χ1v) is 9.19. The number of thioether (sulfide) groups is 1. The van der Waals surface area contributed by atoms with E-state index in [0.717, 1.165) is 10.9 Å². The lowest BCUT2D eigenvalue weighted by Crippen LogP contribution is -2.46. The first-order chi connectivity index (χ1) is 11.9. The number of esters is 1. The SMILES string of the molecule is CSCC[C@@H](NC(N)=O)C(=O)O[C@@H](C)C(=O)c1c[nH]c2ccccc12. The van der Waals surface area contributed by atoms with E-state index in [-0.39, 0.29) is 5.78 Å². The van der Waals surface area contributed by atoms with Gasteiger partial charge < -0.3 is 20.8 Å². The van der Waals surface area contributed by atoms with Gasteiger partial charge in [-0.05, 0) is 31.4 Å². The molecule has 7 nitrogen and oxygen atoms in total. The summed E-state index contributed by atoms with van der Waals surface area (Å²) in [7, 11) is 0. The highest BCUT2D eigenvalue weighted by Gasteiger charge is 2.27. The molecule has 0 unspecified atom stereocenters. The van der Waals surface area contributed by atoms with Crippen molar-refractivity contribution in [2.75, 3.05) is 12.0 Å². The van der Waals surface area contributed by atoms with Crippen molar-refractivity contribution in [1.29, 1.82) is 0 Å². The molecule has 0 radical (unpaired) electrons. The van der Waals surface area contributed by atoms with E-state index in [0.29, 0.717) is 17.7 Å². The van der Waals surface area contributed by atoms with Crippen molar-refractivity contribution in [3.8, 4) is 0 Å². The number of aromatic amines is 1. The number of hydrogen-bond acceptors (Lipinski definition) is 5. The number of H-pyrrole nitrogens is 1. The Bertz CT molecular complexity index is 774. The second-order valence-electron chi connectivity index (χ2n) is 5.53. The van der Waals surface area contributed by atoms with Gasteiger partial charge in [0.2, 0.25) is 5.78 Å². The smallest absolute Gasteiger partial charge is 0.329 e. The maximum absolute atomic E-state index is 12.6. The van der Waals surface area contributed by atoms with Gasteiger partial charge in [-0.1, -0.05) is 18.2 Å². The molecule has 8 heteroatoms. The van der Waals surface area contributed by atoms with E-state index in [1.54, 1.807) is 6.20 Å². The summed E-state index contributed by atoms with van der Waals surface area (Å²) < 4.78 is 5.26. The van der Waals surface area contributed by atoms with Crippen molar-refractivity contribution >= 4 is 40.4 Å². The fourth-order valence-electron chi connectivity index (χ4n) is 2.46. The summed E-state index contributed by atoms with van der Waals surface area (Å²) in [6, 6.07) is 5.70. The molecule has 4 N–H and O–H groups in total. The molecule has 0 fully saturated rings. The summed E-state index contributed by atoms with van der Waals surface area (Å²) in [6.07, 6.45) is 2.88. The van der Waals surface area contributed by atoms with E-state index in [1.807, 2.05) is 30.5 Å². The maximum Gasteiger partial charge on any atom is 0.329 e.